The zero-order chi connectivity index (χ0) is 20.8. The largest absolute Gasteiger partial charge is 0.491 e. The van der Waals surface area contributed by atoms with Gasteiger partial charge in [0, 0.05) is 11.8 Å². The summed E-state index contributed by atoms with van der Waals surface area (Å²) in [7, 11) is 1.53. The van der Waals surface area contributed by atoms with E-state index in [1.54, 1.807) is 41.9 Å². The molecule has 0 aliphatic heterocycles. The number of aromatic nitrogens is 4. The Morgan fingerprint density at radius 2 is 2.14 bits per heavy atom. The molecule has 8 nitrogen and oxygen atoms in total. The van der Waals surface area contributed by atoms with E-state index in [2.05, 4.69) is 20.8 Å². The minimum atomic E-state index is -0.291. The van der Waals surface area contributed by atoms with Crippen LogP contribution in [0.15, 0.2) is 42.5 Å². The molecule has 0 saturated heterocycles. The highest BCUT2D eigenvalue weighted by molar-refractivity contribution is 6.32. The van der Waals surface area contributed by atoms with E-state index in [4.69, 9.17) is 21.1 Å². The molecular formula is C20H20ClN5O3. The molecule has 0 aliphatic rings. The van der Waals surface area contributed by atoms with Crippen LogP contribution in [0.3, 0.4) is 0 Å². The monoisotopic (exact) mass is 413 g/mol. The third-order valence-corrected chi connectivity index (χ3v) is 4.23. The molecular weight excluding hydrogens is 394 g/mol. The number of rotatable bonds is 7. The number of hydrogen-bond donors (Lipinski definition) is 1. The first-order valence-electron chi connectivity index (χ1n) is 8.86. The minimum absolute atomic E-state index is 0.291. The molecule has 0 aliphatic carbocycles. The standard InChI is InChI=1S/C20H20ClN5O3/c1-4-29-18-11-14(10-17(21)20(18)28-3)8-9-19(27)22-15-6-5-7-16(12-15)26-13(2)23-24-25-26/h5-12H,4H2,1-3H3,(H,22,27)/b9-8+. The van der Waals surface area contributed by atoms with E-state index in [0.717, 1.165) is 5.69 Å². The number of benzene rings is 2. The van der Waals surface area contributed by atoms with Crippen molar-refractivity contribution in [3.8, 4) is 17.2 Å². The fraction of sp³-hybridized carbons (Fsp3) is 0.200. The van der Waals surface area contributed by atoms with Crippen LogP contribution in [0.25, 0.3) is 11.8 Å². The van der Waals surface area contributed by atoms with Gasteiger partial charge >= 0.3 is 0 Å². The average Bonchev–Trinajstić information content (AvgIpc) is 3.13. The Bertz CT molecular complexity index is 1050. The van der Waals surface area contributed by atoms with E-state index in [9.17, 15) is 4.79 Å². The summed E-state index contributed by atoms with van der Waals surface area (Å²) in [6, 6.07) is 10.7. The third-order valence-electron chi connectivity index (χ3n) is 3.95. The molecule has 1 amide bonds. The van der Waals surface area contributed by atoms with Crippen molar-refractivity contribution < 1.29 is 14.3 Å². The van der Waals surface area contributed by atoms with Crippen LogP contribution < -0.4 is 14.8 Å². The number of anilines is 1. The van der Waals surface area contributed by atoms with E-state index >= 15 is 0 Å². The summed E-state index contributed by atoms with van der Waals surface area (Å²) in [5, 5.41) is 14.6. The van der Waals surface area contributed by atoms with E-state index < -0.39 is 0 Å². The van der Waals surface area contributed by atoms with Gasteiger partial charge in [-0.05, 0) is 66.2 Å². The number of amides is 1. The van der Waals surface area contributed by atoms with Crippen molar-refractivity contribution in [1.82, 2.24) is 20.2 Å². The summed E-state index contributed by atoms with van der Waals surface area (Å²) in [5.74, 6) is 1.34. The first-order valence-corrected chi connectivity index (χ1v) is 9.24. The van der Waals surface area contributed by atoms with E-state index in [1.807, 2.05) is 19.1 Å². The number of methoxy groups -OCH3 is 1. The van der Waals surface area contributed by atoms with Crippen LogP contribution in [0.4, 0.5) is 5.69 Å². The second-order valence-corrected chi connectivity index (χ2v) is 6.39. The maximum atomic E-state index is 12.3. The topological polar surface area (TPSA) is 91.2 Å². The lowest BCUT2D eigenvalue weighted by Gasteiger charge is -2.11. The molecule has 0 fully saturated rings. The quantitative estimate of drug-likeness (QED) is 0.594. The zero-order valence-corrected chi connectivity index (χ0v) is 17.0. The zero-order valence-electron chi connectivity index (χ0n) is 16.2. The van der Waals surface area contributed by atoms with E-state index in [1.165, 1.54) is 13.2 Å². The van der Waals surface area contributed by atoms with Gasteiger partial charge in [-0.15, -0.1) is 5.10 Å². The maximum absolute atomic E-state index is 12.3. The molecule has 3 rings (SSSR count). The van der Waals surface area contributed by atoms with Gasteiger partial charge in [-0.2, -0.15) is 4.68 Å². The number of aryl methyl sites for hydroxylation is 1. The van der Waals surface area contributed by atoms with Gasteiger partial charge in [0.05, 0.1) is 24.4 Å². The molecule has 0 saturated carbocycles. The number of hydrogen-bond acceptors (Lipinski definition) is 6. The van der Waals surface area contributed by atoms with Crippen molar-refractivity contribution in [3.63, 3.8) is 0 Å². The van der Waals surface area contributed by atoms with Gasteiger partial charge in [0.25, 0.3) is 0 Å². The van der Waals surface area contributed by atoms with Crippen LogP contribution in [-0.4, -0.2) is 39.8 Å². The summed E-state index contributed by atoms with van der Waals surface area (Å²) in [6.45, 7) is 4.14. The van der Waals surface area contributed by atoms with Crippen molar-refractivity contribution in [2.75, 3.05) is 19.0 Å². The predicted octanol–water partition coefficient (Wildman–Crippen LogP) is 3.68. The van der Waals surface area contributed by atoms with Gasteiger partial charge in [-0.25, -0.2) is 0 Å². The Hall–Kier alpha value is -3.39. The van der Waals surface area contributed by atoms with Gasteiger partial charge in [-0.3, -0.25) is 4.79 Å². The number of tetrazole rings is 1. The lowest BCUT2D eigenvalue weighted by molar-refractivity contribution is -0.111. The average molecular weight is 414 g/mol. The van der Waals surface area contributed by atoms with Gasteiger partial charge < -0.3 is 14.8 Å². The van der Waals surface area contributed by atoms with Gasteiger partial charge in [-0.1, -0.05) is 17.7 Å². The fourth-order valence-corrected chi connectivity index (χ4v) is 2.98. The van der Waals surface area contributed by atoms with Crippen molar-refractivity contribution in [2.45, 2.75) is 13.8 Å². The Morgan fingerprint density at radius 1 is 1.31 bits per heavy atom. The Balaban J connectivity index is 1.74. The van der Waals surface area contributed by atoms with Crippen molar-refractivity contribution in [2.24, 2.45) is 0 Å². The van der Waals surface area contributed by atoms with E-state index in [-0.39, 0.29) is 5.91 Å². The lowest BCUT2D eigenvalue weighted by Crippen LogP contribution is -2.08. The molecule has 0 spiro atoms. The summed E-state index contributed by atoms with van der Waals surface area (Å²) in [4.78, 5) is 12.3. The smallest absolute Gasteiger partial charge is 0.248 e. The number of carbonyl (C=O) groups is 1. The normalized spacial score (nSPS) is 10.9. The van der Waals surface area contributed by atoms with Gasteiger partial charge in [0.2, 0.25) is 5.91 Å². The third kappa shape index (κ3) is 4.91. The Labute approximate surface area is 173 Å². The molecule has 0 bridgehead atoms. The van der Waals surface area contributed by atoms with Crippen molar-refractivity contribution >= 4 is 29.3 Å². The molecule has 0 atom stereocenters. The van der Waals surface area contributed by atoms with Gasteiger partial charge in [0.15, 0.2) is 17.3 Å². The SMILES string of the molecule is CCOc1cc(/C=C/C(=O)Nc2cccc(-n3nnnc3C)c2)cc(Cl)c1OC. The van der Waals surface area contributed by atoms with Crippen molar-refractivity contribution in [3.05, 3.63) is 58.9 Å². The second kappa shape index (κ2) is 9.20. The molecule has 2 aromatic carbocycles. The molecule has 3 aromatic rings. The first-order chi connectivity index (χ1) is 14.0. The van der Waals surface area contributed by atoms with Crippen molar-refractivity contribution in [1.29, 1.82) is 0 Å². The van der Waals surface area contributed by atoms with Gasteiger partial charge in [0.1, 0.15) is 0 Å². The highest BCUT2D eigenvalue weighted by atomic mass is 35.5. The minimum Gasteiger partial charge on any atom is -0.491 e. The predicted molar refractivity (Wildman–Crippen MR) is 111 cm³/mol. The summed E-state index contributed by atoms with van der Waals surface area (Å²) < 4.78 is 12.4. The Kier molecular flexibility index (Phi) is 6.46. The number of ether oxygens (including phenoxy) is 2. The molecule has 0 unspecified atom stereocenters. The number of nitrogens with zero attached hydrogens (tertiary/aromatic N) is 4. The first kappa shape index (κ1) is 20.3. The fourth-order valence-electron chi connectivity index (χ4n) is 2.69. The lowest BCUT2D eigenvalue weighted by atomic mass is 10.2. The molecule has 1 N–H and O–H groups in total. The number of halogens is 1. The summed E-state index contributed by atoms with van der Waals surface area (Å²) in [6.07, 6.45) is 3.07. The number of carbonyl (C=O) groups excluding carboxylic acids is 1. The molecule has 0 radical (unpaired) electrons. The molecule has 29 heavy (non-hydrogen) atoms. The second-order valence-electron chi connectivity index (χ2n) is 5.98. The van der Waals surface area contributed by atoms with Crippen LogP contribution in [0.1, 0.15) is 18.3 Å². The molecule has 1 aromatic heterocycles. The van der Waals surface area contributed by atoms with Crippen LogP contribution >= 0.6 is 11.6 Å². The molecule has 1 heterocycles. The highest BCUT2D eigenvalue weighted by Crippen LogP contribution is 2.36. The van der Waals surface area contributed by atoms with Crippen LogP contribution in [0.2, 0.25) is 5.02 Å². The van der Waals surface area contributed by atoms with Crippen LogP contribution in [-0.2, 0) is 4.79 Å². The highest BCUT2D eigenvalue weighted by Gasteiger charge is 2.11. The summed E-state index contributed by atoms with van der Waals surface area (Å²) >= 11 is 6.24. The van der Waals surface area contributed by atoms with Crippen LogP contribution in [0, 0.1) is 6.92 Å². The molecule has 9 heteroatoms. The summed E-state index contributed by atoms with van der Waals surface area (Å²) in [5.41, 5.74) is 2.08. The van der Waals surface area contributed by atoms with Crippen LogP contribution in [0.5, 0.6) is 11.5 Å². The Morgan fingerprint density at radius 3 is 2.83 bits per heavy atom. The molecule has 150 valence electrons. The maximum Gasteiger partial charge on any atom is 0.248 e. The van der Waals surface area contributed by atoms with E-state index in [0.29, 0.717) is 40.2 Å². The number of nitrogens with one attached hydrogen (secondary N) is 1.